The van der Waals surface area contributed by atoms with E-state index in [-0.39, 0.29) is 5.91 Å². The smallest absolute Gasteiger partial charge is 0.256 e. The number of benzene rings is 1. The first-order valence-electron chi connectivity index (χ1n) is 12.1. The summed E-state index contributed by atoms with van der Waals surface area (Å²) >= 11 is 0. The molecule has 1 N–H and O–H groups in total. The monoisotopic (exact) mass is 483 g/mol. The number of fused-ring (bicyclic) bond motifs is 1. The number of likely N-dealkylation sites (N-methyl/N-ethyl adjacent to an activating group) is 1. The van der Waals surface area contributed by atoms with E-state index in [1.807, 2.05) is 59.4 Å². The number of anilines is 1. The van der Waals surface area contributed by atoms with Gasteiger partial charge in [0, 0.05) is 18.3 Å². The highest BCUT2D eigenvalue weighted by Crippen LogP contribution is 2.26. The van der Waals surface area contributed by atoms with Gasteiger partial charge in [0.25, 0.3) is 5.91 Å². The molecule has 0 bridgehead atoms. The number of carbonyl (C=O) groups is 1. The molecule has 9 nitrogen and oxygen atoms in total. The highest BCUT2D eigenvalue weighted by Gasteiger charge is 2.19. The lowest BCUT2D eigenvalue weighted by atomic mass is 10.1. The molecule has 1 aromatic carbocycles. The second-order valence-corrected chi connectivity index (χ2v) is 8.51. The molecule has 0 spiro atoms. The molecule has 5 rings (SSSR count). The molecule has 0 aliphatic rings. The Morgan fingerprint density at radius 2 is 1.89 bits per heavy atom. The largest absolute Gasteiger partial charge is 0.467 e. The third-order valence-electron chi connectivity index (χ3n) is 6.24. The topological polar surface area (TPSA) is 94.0 Å². The zero-order valence-corrected chi connectivity index (χ0v) is 20.5. The minimum atomic E-state index is -0.236. The number of aromatic nitrogens is 5. The lowest BCUT2D eigenvalue weighted by molar-refractivity contribution is 0.102. The second kappa shape index (κ2) is 10.6. The Morgan fingerprint density at radius 3 is 2.64 bits per heavy atom. The fraction of sp³-hybridized carbons (Fsp3) is 0.259. The van der Waals surface area contributed by atoms with Crippen molar-refractivity contribution in [2.45, 2.75) is 26.9 Å². The van der Waals surface area contributed by atoms with Crippen molar-refractivity contribution in [3.8, 4) is 11.3 Å². The Balaban J connectivity index is 1.45. The van der Waals surface area contributed by atoms with Gasteiger partial charge in [-0.3, -0.25) is 9.48 Å². The van der Waals surface area contributed by atoms with Crippen molar-refractivity contribution in [3.63, 3.8) is 0 Å². The highest BCUT2D eigenvalue weighted by molar-refractivity contribution is 6.12. The minimum Gasteiger partial charge on any atom is -0.467 e. The van der Waals surface area contributed by atoms with Crippen LogP contribution in [0.2, 0.25) is 0 Å². The first-order chi connectivity index (χ1) is 17.6. The van der Waals surface area contributed by atoms with Gasteiger partial charge in [-0.2, -0.15) is 10.2 Å². The van der Waals surface area contributed by atoms with Crippen molar-refractivity contribution >= 4 is 22.6 Å². The van der Waals surface area contributed by atoms with Crippen LogP contribution in [-0.2, 0) is 13.1 Å². The van der Waals surface area contributed by atoms with E-state index in [4.69, 9.17) is 9.40 Å². The van der Waals surface area contributed by atoms with E-state index < -0.39 is 0 Å². The van der Waals surface area contributed by atoms with E-state index in [9.17, 15) is 4.79 Å². The maximum atomic E-state index is 13.5. The van der Waals surface area contributed by atoms with E-state index in [0.717, 1.165) is 37.5 Å². The summed E-state index contributed by atoms with van der Waals surface area (Å²) in [5, 5.41) is 12.6. The van der Waals surface area contributed by atoms with E-state index in [2.05, 4.69) is 34.3 Å². The standard InChI is InChI=1S/C27H29N7O2/c1-3-32(4-2)12-13-33-18-21(16-28-33)30-27(35)23-15-25(20-9-6-5-7-10-20)31-26-24(23)17-29-34(26)19-22-11-8-14-36-22/h5-11,14-18H,3-4,12-13,19H2,1-2H3,(H,30,35). The molecule has 0 unspecified atom stereocenters. The van der Waals surface area contributed by atoms with Gasteiger partial charge in [0.2, 0.25) is 0 Å². The van der Waals surface area contributed by atoms with E-state index >= 15 is 0 Å². The summed E-state index contributed by atoms with van der Waals surface area (Å²) < 4.78 is 9.10. The fourth-order valence-electron chi connectivity index (χ4n) is 4.19. The summed E-state index contributed by atoms with van der Waals surface area (Å²) in [5.74, 6) is 0.524. The molecule has 0 aliphatic carbocycles. The number of hydrogen-bond acceptors (Lipinski definition) is 6. The Labute approximate surface area is 209 Å². The van der Waals surface area contributed by atoms with E-state index in [1.165, 1.54) is 0 Å². The van der Waals surface area contributed by atoms with Crippen LogP contribution in [0.1, 0.15) is 30.0 Å². The van der Waals surface area contributed by atoms with Gasteiger partial charge in [0.05, 0.1) is 47.5 Å². The van der Waals surface area contributed by atoms with Gasteiger partial charge in [-0.15, -0.1) is 0 Å². The van der Waals surface area contributed by atoms with Crippen molar-refractivity contribution in [2.75, 3.05) is 25.0 Å². The third kappa shape index (κ3) is 5.06. The highest BCUT2D eigenvalue weighted by atomic mass is 16.3. The van der Waals surface area contributed by atoms with Crippen LogP contribution >= 0.6 is 0 Å². The summed E-state index contributed by atoms with van der Waals surface area (Å²) in [4.78, 5) is 20.7. The molecule has 0 saturated heterocycles. The van der Waals surface area contributed by atoms with Crippen LogP contribution in [0.25, 0.3) is 22.3 Å². The molecular formula is C27H29N7O2. The van der Waals surface area contributed by atoms with Gasteiger partial charge in [-0.25, -0.2) is 9.67 Å². The van der Waals surface area contributed by atoms with E-state index in [1.54, 1.807) is 23.3 Å². The van der Waals surface area contributed by atoms with Crippen LogP contribution in [0.5, 0.6) is 0 Å². The molecule has 1 amide bonds. The first kappa shape index (κ1) is 23.5. The quantitative estimate of drug-likeness (QED) is 0.314. The Kier molecular flexibility index (Phi) is 6.90. The summed E-state index contributed by atoms with van der Waals surface area (Å²) in [7, 11) is 0. The van der Waals surface area contributed by atoms with Gasteiger partial charge in [0.1, 0.15) is 12.3 Å². The average Bonchev–Trinajstić information content (AvgIpc) is 3.67. The molecule has 0 saturated carbocycles. The van der Waals surface area contributed by atoms with Gasteiger partial charge >= 0.3 is 0 Å². The van der Waals surface area contributed by atoms with E-state index in [0.29, 0.717) is 34.5 Å². The number of nitrogens with one attached hydrogen (secondary N) is 1. The summed E-state index contributed by atoms with van der Waals surface area (Å²) in [6, 6.07) is 15.4. The van der Waals surface area contributed by atoms with Crippen LogP contribution in [-0.4, -0.2) is 55.0 Å². The number of carbonyl (C=O) groups excluding carboxylic acids is 1. The van der Waals surface area contributed by atoms with Crippen molar-refractivity contribution in [2.24, 2.45) is 0 Å². The predicted molar refractivity (Wildman–Crippen MR) is 139 cm³/mol. The Morgan fingerprint density at radius 1 is 1.06 bits per heavy atom. The number of nitrogens with zero attached hydrogens (tertiary/aromatic N) is 6. The number of rotatable bonds is 10. The minimum absolute atomic E-state index is 0.236. The van der Waals surface area contributed by atoms with Crippen molar-refractivity contribution in [3.05, 3.63) is 84.7 Å². The summed E-state index contributed by atoms with van der Waals surface area (Å²) in [6.07, 6.45) is 6.85. The zero-order chi connectivity index (χ0) is 24.9. The molecule has 0 radical (unpaired) electrons. The number of hydrogen-bond donors (Lipinski definition) is 1. The van der Waals surface area contributed by atoms with Gasteiger partial charge in [0.15, 0.2) is 5.65 Å². The first-order valence-corrected chi connectivity index (χ1v) is 12.1. The molecule has 9 heteroatoms. The van der Waals surface area contributed by atoms with Gasteiger partial charge in [-0.05, 0) is 31.3 Å². The predicted octanol–water partition coefficient (Wildman–Crippen LogP) is 4.53. The van der Waals surface area contributed by atoms with Gasteiger partial charge in [-0.1, -0.05) is 44.2 Å². The Bertz CT molecular complexity index is 1430. The average molecular weight is 484 g/mol. The van der Waals surface area contributed by atoms with Gasteiger partial charge < -0.3 is 14.6 Å². The molecule has 0 fully saturated rings. The molecule has 4 aromatic heterocycles. The molecule has 4 heterocycles. The molecule has 5 aromatic rings. The summed E-state index contributed by atoms with van der Waals surface area (Å²) in [6.45, 7) is 8.37. The lowest BCUT2D eigenvalue weighted by Crippen LogP contribution is -2.27. The molecule has 36 heavy (non-hydrogen) atoms. The lowest BCUT2D eigenvalue weighted by Gasteiger charge is -2.17. The zero-order valence-electron chi connectivity index (χ0n) is 20.5. The molecular weight excluding hydrogens is 454 g/mol. The van der Waals surface area contributed by atoms with Crippen molar-refractivity contribution in [1.29, 1.82) is 0 Å². The normalized spacial score (nSPS) is 11.4. The van der Waals surface area contributed by atoms with Crippen LogP contribution in [0, 0.1) is 0 Å². The van der Waals surface area contributed by atoms with Crippen LogP contribution < -0.4 is 5.32 Å². The third-order valence-corrected chi connectivity index (χ3v) is 6.24. The van der Waals surface area contributed by atoms with Crippen molar-refractivity contribution < 1.29 is 9.21 Å². The van der Waals surface area contributed by atoms with Crippen LogP contribution in [0.4, 0.5) is 5.69 Å². The fourth-order valence-corrected chi connectivity index (χ4v) is 4.19. The molecule has 184 valence electrons. The number of pyridine rings is 1. The maximum absolute atomic E-state index is 13.5. The number of amides is 1. The van der Waals surface area contributed by atoms with Crippen LogP contribution in [0.3, 0.4) is 0 Å². The SMILES string of the molecule is CCN(CC)CCn1cc(NC(=O)c2cc(-c3ccccc3)nc3c2cnn3Cc2ccco2)cn1. The summed E-state index contributed by atoms with van der Waals surface area (Å²) in [5.41, 5.74) is 3.38. The maximum Gasteiger partial charge on any atom is 0.256 e. The number of furan rings is 1. The Hall–Kier alpha value is -4.24. The molecule has 0 aliphatic heterocycles. The van der Waals surface area contributed by atoms with Crippen LogP contribution in [0.15, 0.2) is 77.8 Å². The molecule has 0 atom stereocenters. The second-order valence-electron chi connectivity index (χ2n) is 8.51. The van der Waals surface area contributed by atoms with Crippen molar-refractivity contribution in [1.82, 2.24) is 29.4 Å².